The average molecular weight is 225 g/mol. The lowest BCUT2D eigenvalue weighted by Crippen LogP contribution is -2.56. The molecule has 0 aromatic heterocycles. The molecule has 0 aromatic rings. The highest BCUT2D eigenvalue weighted by Gasteiger charge is 2.42. The van der Waals surface area contributed by atoms with Crippen LogP contribution in [0.15, 0.2) is 12.7 Å². The molecule has 92 valence electrons. The zero-order valence-electron chi connectivity index (χ0n) is 10.0. The maximum Gasteiger partial charge on any atom is 0.0809 e. The summed E-state index contributed by atoms with van der Waals surface area (Å²) in [7, 11) is 0. The molecule has 1 aliphatic heterocycles. The number of aliphatic hydroxyl groups excluding tert-OH is 1. The first kappa shape index (κ1) is 12.1. The number of ether oxygens (including phenoxy) is 1. The molecule has 3 heteroatoms. The highest BCUT2D eigenvalue weighted by Crippen LogP contribution is 2.38. The molecule has 16 heavy (non-hydrogen) atoms. The smallest absolute Gasteiger partial charge is 0.0809 e. The Morgan fingerprint density at radius 2 is 2.31 bits per heavy atom. The molecule has 1 spiro atoms. The van der Waals surface area contributed by atoms with E-state index in [9.17, 15) is 5.11 Å². The van der Waals surface area contributed by atoms with Gasteiger partial charge in [0.2, 0.25) is 0 Å². The molecule has 1 atom stereocenters. The number of allylic oxidation sites excluding steroid dienone is 1. The number of aliphatic hydroxyl groups is 1. The molecular formula is C13H23NO2. The zero-order chi connectivity index (χ0) is 11.4. The Hall–Kier alpha value is -0.380. The Kier molecular flexibility index (Phi) is 4.00. The molecule has 1 N–H and O–H groups in total. The first-order valence-corrected chi connectivity index (χ1v) is 6.39. The third kappa shape index (κ3) is 2.84. The fourth-order valence-electron chi connectivity index (χ4n) is 2.65. The molecule has 0 bridgehead atoms. The quantitative estimate of drug-likeness (QED) is 0.721. The molecule has 0 aromatic carbocycles. The highest BCUT2D eigenvalue weighted by atomic mass is 16.5. The van der Waals surface area contributed by atoms with Crippen molar-refractivity contribution in [3.05, 3.63) is 12.7 Å². The van der Waals surface area contributed by atoms with E-state index in [1.54, 1.807) is 0 Å². The first-order chi connectivity index (χ1) is 7.74. The lowest BCUT2D eigenvalue weighted by molar-refractivity contribution is -0.155. The number of nitrogens with zero attached hydrogens (tertiary/aromatic N) is 1. The zero-order valence-corrected chi connectivity index (χ0v) is 10.0. The lowest BCUT2D eigenvalue weighted by atomic mass is 9.79. The molecule has 2 rings (SSSR count). The molecule has 3 nitrogen and oxygen atoms in total. The second-order valence-electron chi connectivity index (χ2n) is 5.14. The van der Waals surface area contributed by atoms with E-state index in [0.29, 0.717) is 0 Å². The van der Waals surface area contributed by atoms with E-state index in [-0.39, 0.29) is 11.7 Å². The summed E-state index contributed by atoms with van der Waals surface area (Å²) < 4.78 is 5.85. The van der Waals surface area contributed by atoms with Crippen molar-refractivity contribution in [2.75, 3.05) is 26.2 Å². The van der Waals surface area contributed by atoms with Crippen LogP contribution in [0.1, 0.15) is 32.1 Å². The Labute approximate surface area is 98.1 Å². The standard InChI is InChI=1S/C13H23NO2/c1-2-3-5-12(15)10-14-8-9-16-13(11-14)6-4-7-13/h2,12,15H,1,3-11H2. The number of hydrogen-bond donors (Lipinski definition) is 1. The van der Waals surface area contributed by atoms with Crippen LogP contribution in [0.5, 0.6) is 0 Å². The van der Waals surface area contributed by atoms with E-state index >= 15 is 0 Å². The molecule has 0 radical (unpaired) electrons. The van der Waals surface area contributed by atoms with Gasteiger partial charge in [0.05, 0.1) is 18.3 Å². The van der Waals surface area contributed by atoms with E-state index in [4.69, 9.17) is 4.74 Å². The van der Waals surface area contributed by atoms with Gasteiger partial charge in [-0.3, -0.25) is 4.90 Å². The van der Waals surface area contributed by atoms with Gasteiger partial charge in [-0.25, -0.2) is 0 Å². The molecule has 1 heterocycles. The van der Waals surface area contributed by atoms with Crippen molar-refractivity contribution in [1.82, 2.24) is 4.90 Å². The predicted molar refractivity (Wildman–Crippen MR) is 64.4 cm³/mol. The normalized spacial score (nSPS) is 26.3. The van der Waals surface area contributed by atoms with Crippen LogP contribution in [-0.4, -0.2) is 48.0 Å². The third-order valence-corrected chi connectivity index (χ3v) is 3.77. The first-order valence-electron chi connectivity index (χ1n) is 6.39. The Morgan fingerprint density at radius 3 is 2.94 bits per heavy atom. The number of hydrogen-bond acceptors (Lipinski definition) is 3. The third-order valence-electron chi connectivity index (χ3n) is 3.77. The average Bonchev–Trinajstić information content (AvgIpc) is 2.24. The van der Waals surface area contributed by atoms with E-state index in [0.717, 1.165) is 39.1 Å². The minimum Gasteiger partial charge on any atom is -0.392 e. The van der Waals surface area contributed by atoms with Crippen molar-refractivity contribution in [3.8, 4) is 0 Å². The largest absolute Gasteiger partial charge is 0.392 e. The van der Waals surface area contributed by atoms with Crippen LogP contribution in [-0.2, 0) is 4.74 Å². The van der Waals surface area contributed by atoms with Gasteiger partial charge in [-0.1, -0.05) is 6.08 Å². The predicted octanol–water partition coefficient (Wildman–Crippen LogP) is 1.57. The summed E-state index contributed by atoms with van der Waals surface area (Å²) in [6.07, 6.45) is 7.08. The SMILES string of the molecule is C=CCCC(O)CN1CCOC2(CCC2)C1. The lowest BCUT2D eigenvalue weighted by Gasteiger charge is -2.48. The summed E-state index contributed by atoms with van der Waals surface area (Å²) >= 11 is 0. The summed E-state index contributed by atoms with van der Waals surface area (Å²) in [5.74, 6) is 0. The van der Waals surface area contributed by atoms with Crippen LogP contribution in [0.3, 0.4) is 0 Å². The van der Waals surface area contributed by atoms with Crippen molar-refractivity contribution in [2.24, 2.45) is 0 Å². The van der Waals surface area contributed by atoms with Crippen molar-refractivity contribution in [1.29, 1.82) is 0 Å². The summed E-state index contributed by atoms with van der Waals surface area (Å²) in [4.78, 5) is 2.36. The van der Waals surface area contributed by atoms with E-state index < -0.39 is 0 Å². The Morgan fingerprint density at radius 1 is 1.50 bits per heavy atom. The van der Waals surface area contributed by atoms with Crippen LogP contribution < -0.4 is 0 Å². The van der Waals surface area contributed by atoms with Crippen molar-refractivity contribution in [3.63, 3.8) is 0 Å². The molecule has 1 unspecified atom stereocenters. The number of β-amino-alcohol motifs (C(OH)–C–C–N with tert-alkyl or cyclic N) is 1. The molecule has 2 fully saturated rings. The fourth-order valence-corrected chi connectivity index (χ4v) is 2.65. The molecule has 1 saturated carbocycles. The van der Waals surface area contributed by atoms with Gasteiger partial charge >= 0.3 is 0 Å². The summed E-state index contributed by atoms with van der Waals surface area (Å²) in [5, 5.41) is 9.86. The van der Waals surface area contributed by atoms with Crippen molar-refractivity contribution in [2.45, 2.75) is 43.8 Å². The number of morpholine rings is 1. The van der Waals surface area contributed by atoms with E-state index in [2.05, 4.69) is 11.5 Å². The minimum absolute atomic E-state index is 0.149. The number of rotatable bonds is 5. The second-order valence-corrected chi connectivity index (χ2v) is 5.14. The van der Waals surface area contributed by atoms with Gasteiger partial charge in [-0.2, -0.15) is 0 Å². The van der Waals surface area contributed by atoms with Crippen LogP contribution in [0, 0.1) is 0 Å². The van der Waals surface area contributed by atoms with Crippen LogP contribution in [0.2, 0.25) is 0 Å². The molecule has 0 amide bonds. The van der Waals surface area contributed by atoms with Crippen molar-refractivity contribution >= 4 is 0 Å². The van der Waals surface area contributed by atoms with Crippen LogP contribution in [0.4, 0.5) is 0 Å². The molecule has 1 saturated heterocycles. The molecule has 2 aliphatic rings. The monoisotopic (exact) mass is 225 g/mol. The van der Waals surface area contributed by atoms with Gasteiger partial charge in [-0.15, -0.1) is 6.58 Å². The minimum atomic E-state index is -0.215. The summed E-state index contributed by atoms with van der Waals surface area (Å²) in [5.41, 5.74) is 0.149. The van der Waals surface area contributed by atoms with E-state index in [1.807, 2.05) is 6.08 Å². The van der Waals surface area contributed by atoms with Gasteiger partial charge in [0.25, 0.3) is 0 Å². The Bertz CT molecular complexity index is 238. The second kappa shape index (κ2) is 5.30. The van der Waals surface area contributed by atoms with Gasteiger partial charge in [0.1, 0.15) is 0 Å². The maximum atomic E-state index is 9.86. The molecular weight excluding hydrogens is 202 g/mol. The molecule has 1 aliphatic carbocycles. The van der Waals surface area contributed by atoms with Gasteiger partial charge in [0.15, 0.2) is 0 Å². The van der Waals surface area contributed by atoms with Gasteiger partial charge in [0, 0.05) is 19.6 Å². The maximum absolute atomic E-state index is 9.86. The highest BCUT2D eigenvalue weighted by molar-refractivity contribution is 4.95. The summed E-state index contributed by atoms with van der Waals surface area (Å²) in [6.45, 7) is 7.28. The van der Waals surface area contributed by atoms with Crippen LogP contribution >= 0.6 is 0 Å². The van der Waals surface area contributed by atoms with Crippen LogP contribution in [0.25, 0.3) is 0 Å². The van der Waals surface area contributed by atoms with Gasteiger partial charge < -0.3 is 9.84 Å². The Balaban J connectivity index is 1.74. The topological polar surface area (TPSA) is 32.7 Å². The van der Waals surface area contributed by atoms with Gasteiger partial charge in [-0.05, 0) is 32.1 Å². The summed E-state index contributed by atoms with van der Waals surface area (Å²) in [6, 6.07) is 0. The van der Waals surface area contributed by atoms with Crippen molar-refractivity contribution < 1.29 is 9.84 Å². The fraction of sp³-hybridized carbons (Fsp3) is 0.846. The van der Waals surface area contributed by atoms with E-state index in [1.165, 1.54) is 19.3 Å².